The highest BCUT2D eigenvalue weighted by molar-refractivity contribution is 5.97. The molecule has 1 unspecified atom stereocenters. The van der Waals surface area contributed by atoms with Crippen LogP contribution in [0, 0.1) is 0 Å². The van der Waals surface area contributed by atoms with Gasteiger partial charge in [0.1, 0.15) is 0 Å². The Balaban J connectivity index is 1.64. The molecule has 1 fully saturated rings. The Bertz CT molecular complexity index is 481. The van der Waals surface area contributed by atoms with Crippen molar-refractivity contribution in [3.63, 3.8) is 0 Å². The largest absolute Gasteiger partial charge is 0.385 e. The normalized spacial score (nSPS) is 21.7. The summed E-state index contributed by atoms with van der Waals surface area (Å²) < 4.78 is 5.65. The van der Waals surface area contributed by atoms with Crippen molar-refractivity contribution >= 4 is 11.6 Å². The molecule has 1 atom stereocenters. The van der Waals surface area contributed by atoms with E-state index in [0.717, 1.165) is 55.6 Å². The first-order chi connectivity index (χ1) is 9.84. The zero-order valence-corrected chi connectivity index (χ0v) is 11.8. The smallest absolute Gasteiger partial charge is 0.251 e. The van der Waals surface area contributed by atoms with Crippen molar-refractivity contribution in [1.82, 2.24) is 5.32 Å². The SMILES string of the molecule is O=C(NCC1CCCCO1)c1cccc2c1CCCN2. The van der Waals surface area contributed by atoms with Crippen molar-refractivity contribution in [2.45, 2.75) is 38.2 Å². The van der Waals surface area contributed by atoms with Crippen LogP contribution in [0.25, 0.3) is 0 Å². The Kier molecular flexibility index (Phi) is 4.21. The third-order valence-electron chi connectivity index (χ3n) is 4.10. The van der Waals surface area contributed by atoms with Crippen LogP contribution in [0.3, 0.4) is 0 Å². The second-order valence-electron chi connectivity index (χ2n) is 5.56. The predicted octanol–water partition coefficient (Wildman–Crippen LogP) is 2.34. The molecule has 1 aromatic carbocycles. The van der Waals surface area contributed by atoms with Gasteiger partial charge in [-0.15, -0.1) is 0 Å². The molecule has 4 nitrogen and oxygen atoms in total. The van der Waals surface area contributed by atoms with Gasteiger partial charge in [-0.3, -0.25) is 4.79 Å². The van der Waals surface area contributed by atoms with Crippen LogP contribution in [-0.4, -0.2) is 31.7 Å². The number of rotatable bonds is 3. The second kappa shape index (κ2) is 6.27. The molecule has 1 aromatic rings. The number of anilines is 1. The average molecular weight is 274 g/mol. The first kappa shape index (κ1) is 13.4. The summed E-state index contributed by atoms with van der Waals surface area (Å²) in [4.78, 5) is 12.4. The van der Waals surface area contributed by atoms with E-state index in [1.807, 2.05) is 12.1 Å². The van der Waals surface area contributed by atoms with Gasteiger partial charge in [-0.25, -0.2) is 0 Å². The first-order valence-corrected chi connectivity index (χ1v) is 7.60. The summed E-state index contributed by atoms with van der Waals surface area (Å²) in [6.07, 6.45) is 5.64. The summed E-state index contributed by atoms with van der Waals surface area (Å²) in [6.45, 7) is 2.44. The summed E-state index contributed by atoms with van der Waals surface area (Å²) in [5.41, 5.74) is 3.07. The minimum atomic E-state index is 0.0275. The van der Waals surface area contributed by atoms with Crippen LogP contribution < -0.4 is 10.6 Å². The summed E-state index contributed by atoms with van der Waals surface area (Å²) in [5, 5.41) is 6.39. The lowest BCUT2D eigenvalue weighted by Crippen LogP contribution is -2.36. The van der Waals surface area contributed by atoms with E-state index in [9.17, 15) is 4.79 Å². The molecule has 2 aliphatic heterocycles. The van der Waals surface area contributed by atoms with Crippen molar-refractivity contribution in [3.8, 4) is 0 Å². The van der Waals surface area contributed by atoms with Crippen molar-refractivity contribution in [2.75, 3.05) is 25.0 Å². The number of hydrogen-bond donors (Lipinski definition) is 2. The number of hydrogen-bond acceptors (Lipinski definition) is 3. The van der Waals surface area contributed by atoms with E-state index in [2.05, 4.69) is 16.7 Å². The lowest BCUT2D eigenvalue weighted by molar-refractivity contribution is 0.0169. The molecule has 0 aromatic heterocycles. The van der Waals surface area contributed by atoms with E-state index in [1.165, 1.54) is 6.42 Å². The van der Waals surface area contributed by atoms with Gasteiger partial charge in [0.2, 0.25) is 0 Å². The monoisotopic (exact) mass is 274 g/mol. The highest BCUT2D eigenvalue weighted by atomic mass is 16.5. The van der Waals surface area contributed by atoms with Crippen LogP contribution in [0.2, 0.25) is 0 Å². The van der Waals surface area contributed by atoms with Crippen LogP contribution >= 0.6 is 0 Å². The van der Waals surface area contributed by atoms with Gasteiger partial charge in [-0.2, -0.15) is 0 Å². The molecular weight excluding hydrogens is 252 g/mol. The summed E-state index contributed by atoms with van der Waals surface area (Å²) in [5.74, 6) is 0.0275. The highest BCUT2D eigenvalue weighted by Gasteiger charge is 2.19. The molecule has 2 heterocycles. The molecule has 1 amide bonds. The third-order valence-corrected chi connectivity index (χ3v) is 4.10. The van der Waals surface area contributed by atoms with Crippen LogP contribution in [0.1, 0.15) is 41.6 Å². The lowest BCUT2D eigenvalue weighted by atomic mass is 9.97. The van der Waals surface area contributed by atoms with Gasteiger partial charge < -0.3 is 15.4 Å². The first-order valence-electron chi connectivity index (χ1n) is 7.60. The summed E-state index contributed by atoms with van der Waals surface area (Å²) >= 11 is 0. The Hall–Kier alpha value is -1.55. The van der Waals surface area contributed by atoms with Gasteiger partial charge in [0.25, 0.3) is 5.91 Å². The maximum atomic E-state index is 12.4. The van der Waals surface area contributed by atoms with Gasteiger partial charge >= 0.3 is 0 Å². The van der Waals surface area contributed by atoms with E-state index in [-0.39, 0.29) is 12.0 Å². The summed E-state index contributed by atoms with van der Waals surface area (Å²) in [7, 11) is 0. The third kappa shape index (κ3) is 2.96. The number of ether oxygens (including phenoxy) is 1. The maximum absolute atomic E-state index is 12.4. The minimum Gasteiger partial charge on any atom is -0.385 e. The lowest BCUT2D eigenvalue weighted by Gasteiger charge is -2.24. The van der Waals surface area contributed by atoms with Crippen molar-refractivity contribution < 1.29 is 9.53 Å². The van der Waals surface area contributed by atoms with E-state index < -0.39 is 0 Å². The fourth-order valence-electron chi connectivity index (χ4n) is 2.99. The number of benzene rings is 1. The fraction of sp³-hybridized carbons (Fsp3) is 0.562. The number of carbonyl (C=O) groups excluding carboxylic acids is 1. The van der Waals surface area contributed by atoms with E-state index in [4.69, 9.17) is 4.74 Å². The molecule has 2 aliphatic rings. The molecule has 0 aliphatic carbocycles. The second-order valence-corrected chi connectivity index (χ2v) is 5.56. The maximum Gasteiger partial charge on any atom is 0.251 e. The number of amides is 1. The fourth-order valence-corrected chi connectivity index (χ4v) is 2.99. The molecule has 108 valence electrons. The molecule has 1 saturated heterocycles. The molecule has 0 spiro atoms. The topological polar surface area (TPSA) is 50.4 Å². The van der Waals surface area contributed by atoms with Crippen LogP contribution in [0.15, 0.2) is 18.2 Å². The highest BCUT2D eigenvalue weighted by Crippen LogP contribution is 2.25. The molecule has 20 heavy (non-hydrogen) atoms. The zero-order chi connectivity index (χ0) is 13.8. The Morgan fingerprint density at radius 3 is 3.15 bits per heavy atom. The molecule has 0 bridgehead atoms. The minimum absolute atomic E-state index is 0.0275. The Morgan fingerprint density at radius 1 is 1.35 bits per heavy atom. The van der Waals surface area contributed by atoms with E-state index in [0.29, 0.717) is 6.54 Å². The van der Waals surface area contributed by atoms with Crippen molar-refractivity contribution in [1.29, 1.82) is 0 Å². The number of nitrogens with one attached hydrogen (secondary N) is 2. The van der Waals surface area contributed by atoms with Crippen molar-refractivity contribution in [3.05, 3.63) is 29.3 Å². The van der Waals surface area contributed by atoms with Gasteiger partial charge in [-0.1, -0.05) is 6.07 Å². The molecule has 3 rings (SSSR count). The molecule has 0 saturated carbocycles. The van der Waals surface area contributed by atoms with Gasteiger partial charge in [-0.05, 0) is 49.8 Å². The van der Waals surface area contributed by atoms with Gasteiger partial charge in [0.05, 0.1) is 6.10 Å². The standard InChI is InChI=1S/C16H22N2O2/c19-16(18-11-12-5-1-2-10-20-12)14-6-3-8-15-13(14)7-4-9-17-15/h3,6,8,12,17H,1-2,4-5,7,9-11H2,(H,18,19). The van der Waals surface area contributed by atoms with Gasteiger partial charge in [0, 0.05) is 30.9 Å². The quantitative estimate of drug-likeness (QED) is 0.889. The predicted molar refractivity (Wildman–Crippen MR) is 79.2 cm³/mol. The molecular formula is C16H22N2O2. The van der Waals surface area contributed by atoms with E-state index in [1.54, 1.807) is 0 Å². The average Bonchev–Trinajstić information content (AvgIpc) is 2.53. The Morgan fingerprint density at radius 2 is 2.30 bits per heavy atom. The molecule has 4 heteroatoms. The van der Waals surface area contributed by atoms with Gasteiger partial charge in [0.15, 0.2) is 0 Å². The van der Waals surface area contributed by atoms with Crippen molar-refractivity contribution in [2.24, 2.45) is 0 Å². The molecule has 2 N–H and O–H groups in total. The molecule has 0 radical (unpaired) electrons. The number of fused-ring (bicyclic) bond motifs is 1. The zero-order valence-electron chi connectivity index (χ0n) is 11.8. The van der Waals surface area contributed by atoms with Crippen LogP contribution in [0.5, 0.6) is 0 Å². The van der Waals surface area contributed by atoms with E-state index >= 15 is 0 Å². The van der Waals surface area contributed by atoms with Crippen LogP contribution in [-0.2, 0) is 11.2 Å². The summed E-state index contributed by atoms with van der Waals surface area (Å²) in [6, 6.07) is 5.92. The number of carbonyl (C=O) groups is 1. The Labute approximate surface area is 119 Å². The van der Waals surface area contributed by atoms with Crippen LogP contribution in [0.4, 0.5) is 5.69 Å².